The van der Waals surface area contributed by atoms with Crippen molar-refractivity contribution in [3.8, 4) is 0 Å². The Morgan fingerprint density at radius 1 is 1.28 bits per heavy atom. The molecule has 0 aromatic carbocycles. The SMILES string of the molecule is CCNC(=NCCCCN1CCCC(C)C1)NC1CCN(c2ncccc2Cl)C1. The minimum absolute atomic E-state index is 0.362. The van der Waals surface area contributed by atoms with Gasteiger partial charge in [-0.3, -0.25) is 4.99 Å². The normalized spacial score (nSPS) is 23.4. The summed E-state index contributed by atoms with van der Waals surface area (Å²) >= 11 is 6.31. The first-order valence-corrected chi connectivity index (χ1v) is 11.7. The van der Waals surface area contributed by atoms with E-state index in [1.165, 1.54) is 38.9 Å². The zero-order chi connectivity index (χ0) is 20.5. The number of nitrogens with zero attached hydrogens (tertiary/aromatic N) is 4. The van der Waals surface area contributed by atoms with Crippen molar-refractivity contribution in [1.29, 1.82) is 0 Å². The standard InChI is InChI=1S/C22H37ClN6/c1-3-24-22(26-11-4-5-13-28-14-7-8-18(2)16-28)27-19-10-15-29(17-19)21-20(23)9-6-12-25-21/h6,9,12,18-19H,3-5,7-8,10-11,13-17H2,1-2H3,(H2,24,26,27). The lowest BCUT2D eigenvalue weighted by molar-refractivity contribution is 0.181. The van der Waals surface area contributed by atoms with E-state index in [0.29, 0.717) is 6.04 Å². The molecule has 6 nitrogen and oxygen atoms in total. The molecule has 1 aromatic rings. The number of likely N-dealkylation sites (tertiary alicyclic amines) is 1. The molecule has 2 atom stereocenters. The second kappa shape index (κ2) is 11.6. The number of pyridine rings is 1. The molecular weight excluding hydrogens is 384 g/mol. The van der Waals surface area contributed by atoms with Gasteiger partial charge in [-0.15, -0.1) is 0 Å². The molecule has 3 rings (SSSR count). The lowest BCUT2D eigenvalue weighted by Gasteiger charge is -2.30. The maximum Gasteiger partial charge on any atom is 0.191 e. The highest BCUT2D eigenvalue weighted by atomic mass is 35.5. The van der Waals surface area contributed by atoms with E-state index in [9.17, 15) is 0 Å². The molecular formula is C22H37ClN6. The molecule has 1 aromatic heterocycles. The first-order chi connectivity index (χ1) is 14.2. The van der Waals surface area contributed by atoms with Crippen molar-refractivity contribution >= 4 is 23.4 Å². The van der Waals surface area contributed by atoms with Gasteiger partial charge in [-0.05, 0) is 70.2 Å². The highest BCUT2D eigenvalue weighted by Crippen LogP contribution is 2.25. The van der Waals surface area contributed by atoms with Crippen molar-refractivity contribution in [3.63, 3.8) is 0 Å². The van der Waals surface area contributed by atoms with Crippen molar-refractivity contribution in [3.05, 3.63) is 23.4 Å². The summed E-state index contributed by atoms with van der Waals surface area (Å²) in [7, 11) is 0. The first kappa shape index (κ1) is 22.2. The summed E-state index contributed by atoms with van der Waals surface area (Å²) in [4.78, 5) is 14.1. The molecule has 2 saturated heterocycles. The molecule has 2 N–H and O–H groups in total. The summed E-state index contributed by atoms with van der Waals surface area (Å²) in [6, 6.07) is 4.14. The first-order valence-electron chi connectivity index (χ1n) is 11.3. The van der Waals surface area contributed by atoms with E-state index in [-0.39, 0.29) is 0 Å². The van der Waals surface area contributed by atoms with Crippen molar-refractivity contribution in [2.45, 2.75) is 52.0 Å². The van der Waals surface area contributed by atoms with Crippen molar-refractivity contribution in [1.82, 2.24) is 20.5 Å². The molecule has 0 bridgehead atoms. The van der Waals surface area contributed by atoms with Crippen LogP contribution in [0.25, 0.3) is 0 Å². The highest BCUT2D eigenvalue weighted by molar-refractivity contribution is 6.32. The fourth-order valence-electron chi connectivity index (χ4n) is 4.32. The van der Waals surface area contributed by atoms with Crippen LogP contribution in [0.2, 0.25) is 5.02 Å². The monoisotopic (exact) mass is 420 g/mol. The Hall–Kier alpha value is -1.53. The number of nitrogens with one attached hydrogen (secondary N) is 2. The summed E-state index contributed by atoms with van der Waals surface area (Å²) in [5.41, 5.74) is 0. The molecule has 7 heteroatoms. The van der Waals surface area contributed by atoms with Gasteiger partial charge in [-0.2, -0.15) is 0 Å². The number of hydrogen-bond acceptors (Lipinski definition) is 4. The highest BCUT2D eigenvalue weighted by Gasteiger charge is 2.25. The summed E-state index contributed by atoms with van der Waals surface area (Å²) in [6.07, 6.45) is 7.98. The quantitative estimate of drug-likeness (QED) is 0.383. The lowest BCUT2D eigenvalue weighted by Crippen LogP contribution is -2.44. The number of aromatic nitrogens is 1. The second-order valence-electron chi connectivity index (χ2n) is 8.40. The van der Waals surface area contributed by atoms with E-state index in [0.717, 1.165) is 61.7 Å². The third-order valence-corrected chi connectivity index (χ3v) is 6.10. The summed E-state index contributed by atoms with van der Waals surface area (Å²) < 4.78 is 0. The van der Waals surface area contributed by atoms with Gasteiger partial charge in [0.2, 0.25) is 0 Å². The zero-order valence-electron chi connectivity index (χ0n) is 18.0. The Morgan fingerprint density at radius 2 is 2.17 bits per heavy atom. The Balaban J connectivity index is 1.40. The molecule has 0 spiro atoms. The third-order valence-electron chi connectivity index (χ3n) is 5.81. The Labute approximate surface area is 181 Å². The zero-order valence-corrected chi connectivity index (χ0v) is 18.8. The molecule has 2 unspecified atom stereocenters. The van der Waals surface area contributed by atoms with E-state index in [4.69, 9.17) is 16.6 Å². The average molecular weight is 421 g/mol. The predicted molar refractivity (Wildman–Crippen MR) is 123 cm³/mol. The fraction of sp³-hybridized carbons (Fsp3) is 0.727. The predicted octanol–water partition coefficient (Wildman–Crippen LogP) is 3.38. The topological polar surface area (TPSA) is 55.8 Å². The van der Waals surface area contributed by atoms with Gasteiger partial charge in [-0.1, -0.05) is 18.5 Å². The van der Waals surface area contributed by atoms with Gasteiger partial charge in [0.25, 0.3) is 0 Å². The number of guanidine groups is 1. The van der Waals surface area contributed by atoms with E-state index >= 15 is 0 Å². The van der Waals surface area contributed by atoms with Crippen LogP contribution in [0.4, 0.5) is 5.82 Å². The second-order valence-corrected chi connectivity index (χ2v) is 8.81. The van der Waals surface area contributed by atoms with Crippen LogP contribution in [0.15, 0.2) is 23.3 Å². The maximum absolute atomic E-state index is 6.31. The van der Waals surface area contributed by atoms with Gasteiger partial charge in [0, 0.05) is 45.0 Å². The van der Waals surface area contributed by atoms with Crippen LogP contribution in [0.3, 0.4) is 0 Å². The van der Waals surface area contributed by atoms with Crippen LogP contribution in [0, 0.1) is 5.92 Å². The number of hydrogen-bond donors (Lipinski definition) is 2. The number of aliphatic imine (C=N–C) groups is 1. The molecule has 3 heterocycles. The molecule has 0 radical (unpaired) electrons. The molecule has 0 aliphatic carbocycles. The minimum atomic E-state index is 0.362. The Morgan fingerprint density at radius 3 is 2.97 bits per heavy atom. The Kier molecular flexibility index (Phi) is 8.87. The summed E-state index contributed by atoms with van der Waals surface area (Å²) in [5, 5.41) is 7.71. The smallest absolute Gasteiger partial charge is 0.191 e. The van der Waals surface area contributed by atoms with Gasteiger partial charge in [-0.25, -0.2) is 4.98 Å². The van der Waals surface area contributed by atoms with Crippen LogP contribution in [0.1, 0.15) is 46.0 Å². The van der Waals surface area contributed by atoms with Crippen molar-refractivity contribution < 1.29 is 0 Å². The van der Waals surface area contributed by atoms with E-state index in [1.807, 2.05) is 12.1 Å². The van der Waals surface area contributed by atoms with Gasteiger partial charge in [0.1, 0.15) is 5.82 Å². The van der Waals surface area contributed by atoms with Crippen LogP contribution in [-0.4, -0.2) is 67.7 Å². The van der Waals surface area contributed by atoms with Crippen molar-refractivity contribution in [2.24, 2.45) is 10.9 Å². The molecule has 2 fully saturated rings. The van der Waals surface area contributed by atoms with Crippen LogP contribution in [0.5, 0.6) is 0 Å². The summed E-state index contributed by atoms with van der Waals surface area (Å²) in [5.74, 6) is 2.67. The molecule has 162 valence electrons. The third kappa shape index (κ3) is 7.03. The minimum Gasteiger partial charge on any atom is -0.357 e. The molecule has 2 aliphatic heterocycles. The fourth-order valence-corrected chi connectivity index (χ4v) is 4.56. The van der Waals surface area contributed by atoms with Gasteiger partial charge in [0.05, 0.1) is 5.02 Å². The molecule has 0 amide bonds. The van der Waals surface area contributed by atoms with Crippen LogP contribution >= 0.6 is 11.6 Å². The number of halogens is 1. The average Bonchev–Trinajstić information content (AvgIpc) is 3.16. The van der Waals surface area contributed by atoms with Crippen molar-refractivity contribution in [2.75, 3.05) is 50.7 Å². The van der Waals surface area contributed by atoms with Crippen LogP contribution in [-0.2, 0) is 0 Å². The largest absolute Gasteiger partial charge is 0.357 e. The molecule has 0 saturated carbocycles. The lowest BCUT2D eigenvalue weighted by atomic mass is 10.0. The van der Waals surface area contributed by atoms with Crippen LogP contribution < -0.4 is 15.5 Å². The number of rotatable bonds is 8. The van der Waals surface area contributed by atoms with E-state index in [2.05, 4.69) is 39.3 Å². The van der Waals surface area contributed by atoms with Gasteiger partial charge >= 0.3 is 0 Å². The number of piperidine rings is 1. The summed E-state index contributed by atoms with van der Waals surface area (Å²) in [6.45, 7) is 11.9. The van der Waals surface area contributed by atoms with E-state index < -0.39 is 0 Å². The number of unbranched alkanes of at least 4 members (excludes halogenated alkanes) is 1. The molecule has 29 heavy (non-hydrogen) atoms. The van der Waals surface area contributed by atoms with Gasteiger partial charge < -0.3 is 20.4 Å². The Bertz CT molecular complexity index is 652. The van der Waals surface area contributed by atoms with E-state index in [1.54, 1.807) is 6.20 Å². The van der Waals surface area contributed by atoms with Gasteiger partial charge in [0.15, 0.2) is 5.96 Å². The number of anilines is 1. The maximum atomic E-state index is 6.31. The molecule has 2 aliphatic rings.